The molecule has 3 rings (SSSR count). The van der Waals surface area contributed by atoms with E-state index in [-0.39, 0.29) is 5.54 Å². The maximum Gasteiger partial charge on any atom is 0.0528 e. The highest BCUT2D eigenvalue weighted by Crippen LogP contribution is 2.48. The molecule has 1 aliphatic heterocycles. The van der Waals surface area contributed by atoms with Crippen LogP contribution in [-0.2, 0) is 6.42 Å². The van der Waals surface area contributed by atoms with Crippen LogP contribution in [0.15, 0.2) is 24.3 Å². The molecule has 1 unspecified atom stereocenters. The van der Waals surface area contributed by atoms with E-state index in [0.29, 0.717) is 6.04 Å². The summed E-state index contributed by atoms with van der Waals surface area (Å²) in [6.07, 6.45) is 3.52. The fourth-order valence-corrected chi connectivity index (χ4v) is 2.86. The first-order valence-corrected chi connectivity index (χ1v) is 5.78. The van der Waals surface area contributed by atoms with Crippen molar-refractivity contribution >= 4 is 0 Å². The van der Waals surface area contributed by atoms with Crippen LogP contribution in [0.25, 0.3) is 0 Å². The summed E-state index contributed by atoms with van der Waals surface area (Å²) in [5.41, 5.74) is 9.41. The molecule has 1 aromatic carbocycles. The molecule has 2 N–H and O–H groups in total. The molecule has 1 aromatic rings. The molecule has 80 valence electrons. The Morgan fingerprint density at radius 3 is 2.80 bits per heavy atom. The lowest BCUT2D eigenvalue weighted by Gasteiger charge is -2.38. The van der Waals surface area contributed by atoms with Gasteiger partial charge in [-0.05, 0) is 37.4 Å². The van der Waals surface area contributed by atoms with Gasteiger partial charge in [-0.3, -0.25) is 4.90 Å². The van der Waals surface area contributed by atoms with Crippen molar-refractivity contribution < 1.29 is 0 Å². The highest BCUT2D eigenvalue weighted by molar-refractivity contribution is 5.36. The monoisotopic (exact) mass is 202 g/mol. The highest BCUT2D eigenvalue weighted by atomic mass is 15.2. The molecular weight excluding hydrogens is 184 g/mol. The lowest BCUT2D eigenvalue weighted by atomic mass is 9.87. The standard InChI is InChI=1S/C13H18N2/c1-15-9-6-10-4-2-3-5-11(10)12(15)13(14)7-8-13/h2-5,12H,6-9,14H2,1H3. The molecule has 1 heterocycles. The third-order valence-corrected chi connectivity index (χ3v) is 3.90. The van der Waals surface area contributed by atoms with Gasteiger partial charge in [0.25, 0.3) is 0 Å². The zero-order valence-corrected chi connectivity index (χ0v) is 9.24. The maximum atomic E-state index is 6.38. The van der Waals surface area contributed by atoms with E-state index in [4.69, 9.17) is 5.73 Å². The Balaban J connectivity index is 2.06. The molecule has 0 amide bonds. The number of hydrogen-bond donors (Lipinski definition) is 1. The van der Waals surface area contributed by atoms with Gasteiger partial charge in [0, 0.05) is 12.1 Å². The van der Waals surface area contributed by atoms with Gasteiger partial charge in [-0.25, -0.2) is 0 Å². The lowest BCUT2D eigenvalue weighted by Crippen LogP contribution is -2.44. The molecule has 1 atom stereocenters. The van der Waals surface area contributed by atoms with Gasteiger partial charge in [0.05, 0.1) is 6.04 Å². The normalized spacial score (nSPS) is 28.5. The molecular formula is C13H18N2. The van der Waals surface area contributed by atoms with Crippen molar-refractivity contribution in [3.63, 3.8) is 0 Å². The van der Waals surface area contributed by atoms with Crippen molar-refractivity contribution in [2.45, 2.75) is 30.8 Å². The van der Waals surface area contributed by atoms with Crippen LogP contribution in [-0.4, -0.2) is 24.0 Å². The molecule has 1 saturated carbocycles. The summed E-state index contributed by atoms with van der Waals surface area (Å²) in [5.74, 6) is 0. The number of nitrogens with two attached hydrogens (primary N) is 1. The van der Waals surface area contributed by atoms with Crippen molar-refractivity contribution in [2.75, 3.05) is 13.6 Å². The number of rotatable bonds is 1. The molecule has 2 nitrogen and oxygen atoms in total. The average molecular weight is 202 g/mol. The fraction of sp³-hybridized carbons (Fsp3) is 0.538. The quantitative estimate of drug-likeness (QED) is 0.751. The predicted octanol–water partition coefficient (Wildman–Crippen LogP) is 1.71. The van der Waals surface area contributed by atoms with Crippen molar-refractivity contribution in [1.29, 1.82) is 0 Å². The van der Waals surface area contributed by atoms with Gasteiger partial charge in [-0.2, -0.15) is 0 Å². The second-order valence-electron chi connectivity index (χ2n) is 5.07. The van der Waals surface area contributed by atoms with E-state index in [0.717, 1.165) is 6.54 Å². The minimum absolute atomic E-state index is 0.0608. The van der Waals surface area contributed by atoms with Gasteiger partial charge < -0.3 is 5.73 Å². The van der Waals surface area contributed by atoms with E-state index in [2.05, 4.69) is 36.2 Å². The number of nitrogens with zero attached hydrogens (tertiary/aromatic N) is 1. The van der Waals surface area contributed by atoms with Gasteiger partial charge in [-0.15, -0.1) is 0 Å². The van der Waals surface area contributed by atoms with E-state index < -0.39 is 0 Å². The molecule has 2 aliphatic rings. The first-order chi connectivity index (χ1) is 7.21. The summed E-state index contributed by atoms with van der Waals surface area (Å²) in [6, 6.07) is 9.22. The molecule has 0 spiro atoms. The van der Waals surface area contributed by atoms with E-state index >= 15 is 0 Å². The Morgan fingerprint density at radius 1 is 1.33 bits per heavy atom. The predicted molar refractivity (Wildman–Crippen MR) is 61.7 cm³/mol. The highest BCUT2D eigenvalue weighted by Gasteiger charge is 2.49. The van der Waals surface area contributed by atoms with E-state index in [9.17, 15) is 0 Å². The van der Waals surface area contributed by atoms with E-state index in [1.807, 2.05) is 0 Å². The Kier molecular flexibility index (Phi) is 1.91. The number of likely N-dealkylation sites (N-methyl/N-ethyl adjacent to an activating group) is 1. The number of benzene rings is 1. The van der Waals surface area contributed by atoms with Crippen LogP contribution in [0.1, 0.15) is 30.0 Å². The van der Waals surface area contributed by atoms with Gasteiger partial charge in [0.1, 0.15) is 0 Å². The van der Waals surface area contributed by atoms with Crippen molar-refractivity contribution in [1.82, 2.24) is 4.90 Å². The van der Waals surface area contributed by atoms with Crippen molar-refractivity contribution in [3.05, 3.63) is 35.4 Å². The summed E-state index contributed by atoms with van der Waals surface area (Å²) < 4.78 is 0. The summed E-state index contributed by atoms with van der Waals surface area (Å²) in [7, 11) is 2.20. The smallest absolute Gasteiger partial charge is 0.0528 e. The minimum Gasteiger partial charge on any atom is -0.323 e. The molecule has 2 heteroatoms. The first kappa shape index (κ1) is 9.37. The topological polar surface area (TPSA) is 29.3 Å². The Morgan fingerprint density at radius 2 is 2.07 bits per heavy atom. The van der Waals surface area contributed by atoms with Crippen LogP contribution in [0.4, 0.5) is 0 Å². The zero-order valence-electron chi connectivity index (χ0n) is 9.24. The first-order valence-electron chi connectivity index (χ1n) is 5.78. The van der Waals surface area contributed by atoms with Crippen molar-refractivity contribution in [2.24, 2.45) is 5.73 Å². The molecule has 1 fully saturated rings. The van der Waals surface area contributed by atoms with E-state index in [1.165, 1.54) is 30.4 Å². The minimum atomic E-state index is 0.0608. The second-order valence-corrected chi connectivity index (χ2v) is 5.07. The summed E-state index contributed by atoms with van der Waals surface area (Å²) in [4.78, 5) is 2.43. The van der Waals surface area contributed by atoms with Crippen LogP contribution in [0.2, 0.25) is 0 Å². The molecule has 1 aliphatic carbocycles. The largest absolute Gasteiger partial charge is 0.323 e. The molecule has 0 aromatic heterocycles. The Hall–Kier alpha value is -0.860. The average Bonchev–Trinajstić information content (AvgIpc) is 2.97. The maximum absolute atomic E-state index is 6.38. The summed E-state index contributed by atoms with van der Waals surface area (Å²) in [6.45, 7) is 1.14. The van der Waals surface area contributed by atoms with Crippen LogP contribution >= 0.6 is 0 Å². The molecule has 0 radical (unpaired) electrons. The van der Waals surface area contributed by atoms with Gasteiger partial charge in [0.2, 0.25) is 0 Å². The van der Waals surface area contributed by atoms with Crippen LogP contribution in [0.5, 0.6) is 0 Å². The van der Waals surface area contributed by atoms with Crippen LogP contribution in [0, 0.1) is 0 Å². The molecule has 0 bridgehead atoms. The summed E-state index contributed by atoms with van der Waals surface area (Å²) >= 11 is 0. The number of fused-ring (bicyclic) bond motifs is 1. The number of hydrogen-bond acceptors (Lipinski definition) is 2. The second kappa shape index (κ2) is 3.06. The Labute approximate surface area is 91.1 Å². The van der Waals surface area contributed by atoms with Crippen molar-refractivity contribution in [3.8, 4) is 0 Å². The Bertz CT molecular complexity index is 382. The molecule has 15 heavy (non-hydrogen) atoms. The van der Waals surface area contributed by atoms with Gasteiger partial charge in [0.15, 0.2) is 0 Å². The third kappa shape index (κ3) is 1.40. The fourth-order valence-electron chi connectivity index (χ4n) is 2.86. The van der Waals surface area contributed by atoms with Crippen LogP contribution < -0.4 is 5.73 Å². The van der Waals surface area contributed by atoms with E-state index in [1.54, 1.807) is 0 Å². The summed E-state index contributed by atoms with van der Waals surface area (Å²) in [5, 5.41) is 0. The molecule has 0 saturated heterocycles. The zero-order chi connectivity index (χ0) is 10.5. The van der Waals surface area contributed by atoms with Gasteiger partial charge in [-0.1, -0.05) is 24.3 Å². The third-order valence-electron chi connectivity index (χ3n) is 3.90. The van der Waals surface area contributed by atoms with Gasteiger partial charge >= 0.3 is 0 Å². The van der Waals surface area contributed by atoms with Crippen LogP contribution in [0.3, 0.4) is 0 Å². The lowest BCUT2D eigenvalue weighted by molar-refractivity contribution is 0.190. The SMILES string of the molecule is CN1CCc2ccccc2C1C1(N)CC1.